The normalized spacial score (nSPS) is 12.3. The Morgan fingerprint density at radius 3 is 1.89 bits per heavy atom. The van der Waals surface area contributed by atoms with Gasteiger partial charge in [0.1, 0.15) is 0 Å². The summed E-state index contributed by atoms with van der Waals surface area (Å²) >= 11 is 1.40. The van der Waals surface area contributed by atoms with E-state index >= 15 is 0 Å². The summed E-state index contributed by atoms with van der Waals surface area (Å²) in [4.78, 5) is 0.626. The van der Waals surface area contributed by atoms with Crippen molar-refractivity contribution in [1.82, 2.24) is 10.2 Å². The zero-order valence-corrected chi connectivity index (χ0v) is 22.1. The molecule has 193 valence electrons. The molecule has 4 aromatic carbocycles. The van der Waals surface area contributed by atoms with Crippen LogP contribution in [0.25, 0.3) is 53.5 Å². The van der Waals surface area contributed by atoms with Crippen molar-refractivity contribution in [3.63, 3.8) is 0 Å². The van der Waals surface area contributed by atoms with Crippen LogP contribution in [-0.2, 0) is 32.5 Å². The molecule has 0 aliphatic rings. The van der Waals surface area contributed by atoms with Crippen LogP contribution in [0.15, 0.2) is 78.9 Å². The molecule has 0 saturated heterocycles. The van der Waals surface area contributed by atoms with Crippen molar-refractivity contribution < 1.29 is 46.4 Å². The summed E-state index contributed by atoms with van der Waals surface area (Å²) in [7, 11) is 0. The smallest absolute Gasteiger partial charge is 0.206 e. The van der Waals surface area contributed by atoms with Gasteiger partial charge in [-0.25, -0.2) is 11.3 Å². The van der Waals surface area contributed by atoms with Gasteiger partial charge in [-0.3, -0.25) is 0 Å². The molecule has 0 spiro atoms. The van der Waals surface area contributed by atoms with E-state index in [4.69, 9.17) is 0 Å². The first-order valence-corrected chi connectivity index (χ1v) is 11.8. The number of thiophene rings is 1. The van der Waals surface area contributed by atoms with Crippen LogP contribution in [0.2, 0.25) is 0 Å². The van der Waals surface area contributed by atoms with Gasteiger partial charge in [-0.1, -0.05) is 54.6 Å². The number of hydrogen-bond acceptors (Lipinski definition) is 3. The predicted octanol–water partition coefficient (Wildman–Crippen LogP) is 9.17. The Morgan fingerprint density at radius 2 is 1.26 bits per heavy atom. The molecule has 10 heteroatoms. The quantitative estimate of drug-likeness (QED) is 0.102. The number of nitrogens with zero attached hydrogens (tertiary/aromatic N) is 2. The van der Waals surface area contributed by atoms with Crippen LogP contribution in [-0.4, -0.2) is 10.2 Å². The third-order valence-electron chi connectivity index (χ3n) is 6.12. The van der Waals surface area contributed by atoms with E-state index in [1.807, 2.05) is 36.4 Å². The van der Waals surface area contributed by atoms with Crippen molar-refractivity contribution >= 4 is 43.0 Å². The first kappa shape index (κ1) is 26.3. The SMILES string of the molecule is FC(F)(F)c1cccc(-c2nnc(-c3[c-]c4ccccc4s3)c3cc4ccccc4cc23)c1C(F)(F)F.[Ir]. The first-order chi connectivity index (χ1) is 17.6. The van der Waals surface area contributed by atoms with Crippen LogP contribution in [0.3, 0.4) is 0 Å². The Kier molecular flexibility index (Phi) is 6.54. The molecule has 0 fully saturated rings. The average molecular weight is 716 g/mol. The zero-order chi connectivity index (χ0) is 25.9. The summed E-state index contributed by atoms with van der Waals surface area (Å²) in [6.07, 6.45) is -10.5. The second-order valence-corrected chi connectivity index (χ2v) is 9.47. The van der Waals surface area contributed by atoms with E-state index in [1.165, 1.54) is 11.3 Å². The van der Waals surface area contributed by atoms with Gasteiger partial charge in [0, 0.05) is 36.7 Å². The monoisotopic (exact) mass is 716 g/mol. The summed E-state index contributed by atoms with van der Waals surface area (Å²) < 4.78 is 84.1. The molecule has 0 unspecified atom stereocenters. The van der Waals surface area contributed by atoms with Crippen LogP contribution >= 0.6 is 11.3 Å². The number of fused-ring (bicyclic) bond motifs is 3. The summed E-state index contributed by atoms with van der Waals surface area (Å²) in [5, 5.41) is 11.4. The number of aromatic nitrogens is 2. The van der Waals surface area contributed by atoms with E-state index in [0.717, 1.165) is 27.6 Å². The van der Waals surface area contributed by atoms with Gasteiger partial charge < -0.3 is 0 Å². The number of rotatable bonds is 2. The van der Waals surface area contributed by atoms with E-state index in [-0.39, 0.29) is 31.2 Å². The maximum atomic E-state index is 14.1. The van der Waals surface area contributed by atoms with Crippen LogP contribution in [0, 0.1) is 6.07 Å². The van der Waals surface area contributed by atoms with Gasteiger partial charge >= 0.3 is 12.4 Å². The van der Waals surface area contributed by atoms with Crippen LogP contribution < -0.4 is 0 Å². The van der Waals surface area contributed by atoms with Gasteiger partial charge in [0.25, 0.3) is 0 Å². The Balaban J connectivity index is 0.00000294. The molecule has 0 aliphatic heterocycles. The molecule has 2 heterocycles. The van der Waals surface area contributed by atoms with Crippen molar-refractivity contribution in [2.24, 2.45) is 0 Å². The third kappa shape index (κ3) is 4.46. The Hall–Kier alpha value is -3.33. The molecule has 0 saturated carbocycles. The van der Waals surface area contributed by atoms with Crippen molar-refractivity contribution in [3.8, 4) is 21.8 Å². The second-order valence-electron chi connectivity index (χ2n) is 8.42. The Bertz CT molecular complexity index is 1790. The van der Waals surface area contributed by atoms with E-state index in [1.54, 1.807) is 24.3 Å². The Morgan fingerprint density at radius 1 is 0.658 bits per heavy atom. The molecule has 38 heavy (non-hydrogen) atoms. The van der Waals surface area contributed by atoms with Gasteiger partial charge in [0.05, 0.1) is 16.8 Å². The standard InChI is InChI=1S/C28H13F6N2S.Ir/c29-27(30,31)21-10-5-9-18(24(21)28(32,33)34)25-19-12-15-6-1-2-7-16(15)13-20(19)26(36-35-25)23-14-17-8-3-4-11-22(17)37-23;/h1-13H;/q-1;. The molecule has 1 radical (unpaired) electrons. The van der Waals surface area contributed by atoms with Crippen molar-refractivity contribution in [2.75, 3.05) is 0 Å². The second kappa shape index (κ2) is 9.45. The number of benzene rings is 4. The van der Waals surface area contributed by atoms with Crippen molar-refractivity contribution in [2.45, 2.75) is 12.4 Å². The van der Waals surface area contributed by atoms with Crippen LogP contribution in [0.4, 0.5) is 26.3 Å². The van der Waals surface area contributed by atoms with E-state index in [2.05, 4.69) is 16.3 Å². The molecule has 0 atom stereocenters. The molecule has 0 amide bonds. The molecular formula is C28H13F6IrN2S-. The number of hydrogen-bond donors (Lipinski definition) is 0. The Labute approximate surface area is 229 Å². The summed E-state index contributed by atoms with van der Waals surface area (Å²) in [6.45, 7) is 0. The summed E-state index contributed by atoms with van der Waals surface area (Å²) in [5.74, 6) is 0. The molecule has 0 N–H and O–H groups in total. The molecular weight excluding hydrogens is 703 g/mol. The van der Waals surface area contributed by atoms with Crippen molar-refractivity contribution in [3.05, 3.63) is 96.1 Å². The molecule has 0 aliphatic carbocycles. The summed E-state index contributed by atoms with van der Waals surface area (Å²) in [6, 6.07) is 23.8. The fraction of sp³-hybridized carbons (Fsp3) is 0.0714. The van der Waals surface area contributed by atoms with E-state index in [0.29, 0.717) is 27.4 Å². The minimum Gasteiger partial charge on any atom is -0.206 e. The minimum absolute atomic E-state index is 0. The van der Waals surface area contributed by atoms with Gasteiger partial charge in [0.15, 0.2) is 0 Å². The van der Waals surface area contributed by atoms with E-state index < -0.39 is 29.0 Å². The maximum absolute atomic E-state index is 14.1. The fourth-order valence-electron chi connectivity index (χ4n) is 4.52. The largest absolute Gasteiger partial charge is 0.417 e. The van der Waals surface area contributed by atoms with Gasteiger partial charge in [0.2, 0.25) is 0 Å². The average Bonchev–Trinajstić information content (AvgIpc) is 3.29. The first-order valence-electron chi connectivity index (χ1n) is 11.0. The van der Waals surface area contributed by atoms with Gasteiger partial charge in [-0.15, -0.1) is 23.6 Å². The van der Waals surface area contributed by atoms with Gasteiger partial charge in [-0.2, -0.15) is 36.5 Å². The van der Waals surface area contributed by atoms with Gasteiger partial charge in [-0.05, 0) is 37.9 Å². The molecule has 2 nitrogen and oxygen atoms in total. The molecule has 6 rings (SSSR count). The topological polar surface area (TPSA) is 25.8 Å². The summed E-state index contributed by atoms with van der Waals surface area (Å²) in [5.41, 5.74) is -4.11. The van der Waals surface area contributed by atoms with E-state index in [9.17, 15) is 26.3 Å². The number of alkyl halides is 6. The van der Waals surface area contributed by atoms with Crippen LogP contribution in [0.5, 0.6) is 0 Å². The number of halogens is 6. The van der Waals surface area contributed by atoms with Crippen LogP contribution in [0.1, 0.15) is 11.1 Å². The zero-order valence-electron chi connectivity index (χ0n) is 18.9. The fourth-order valence-corrected chi connectivity index (χ4v) is 5.53. The molecule has 0 bridgehead atoms. The third-order valence-corrected chi connectivity index (χ3v) is 7.19. The molecule has 6 aromatic rings. The predicted molar refractivity (Wildman–Crippen MR) is 132 cm³/mol. The molecule has 2 aromatic heterocycles. The maximum Gasteiger partial charge on any atom is 0.417 e. The van der Waals surface area contributed by atoms with Crippen molar-refractivity contribution in [1.29, 1.82) is 0 Å². The minimum atomic E-state index is -5.27.